The van der Waals surface area contributed by atoms with Gasteiger partial charge in [-0.25, -0.2) is 4.98 Å². The Labute approximate surface area is 101 Å². The van der Waals surface area contributed by atoms with Gasteiger partial charge in [-0.1, -0.05) is 0 Å². The molecule has 1 aliphatic carbocycles. The van der Waals surface area contributed by atoms with Gasteiger partial charge in [-0.3, -0.25) is 0 Å². The van der Waals surface area contributed by atoms with Crippen LogP contribution in [0.15, 0.2) is 5.38 Å². The number of hydrogen-bond donors (Lipinski definition) is 1. The first-order chi connectivity index (χ1) is 7.74. The van der Waals surface area contributed by atoms with E-state index < -0.39 is 0 Å². The van der Waals surface area contributed by atoms with Crippen LogP contribution < -0.4 is 5.32 Å². The van der Waals surface area contributed by atoms with Crippen molar-refractivity contribution >= 4 is 11.3 Å². The van der Waals surface area contributed by atoms with Crippen LogP contribution in [0.5, 0.6) is 0 Å². The summed E-state index contributed by atoms with van der Waals surface area (Å²) in [6.07, 6.45) is 3.88. The summed E-state index contributed by atoms with van der Waals surface area (Å²) in [6, 6.07) is 0. The molecule has 4 heteroatoms. The standard InChI is InChI=1S/C12H20N2OS/c1-10-8-16-11(14-10)7-13-9-12(3-4-12)5-6-15-2/h8,13H,3-7,9H2,1-2H3. The van der Waals surface area contributed by atoms with Crippen LogP contribution in [-0.2, 0) is 11.3 Å². The number of rotatable bonds is 7. The average Bonchev–Trinajstić information content (AvgIpc) is 2.92. The van der Waals surface area contributed by atoms with E-state index in [1.165, 1.54) is 24.3 Å². The van der Waals surface area contributed by atoms with Crippen molar-refractivity contribution in [3.63, 3.8) is 0 Å². The van der Waals surface area contributed by atoms with Crippen molar-refractivity contribution in [1.29, 1.82) is 0 Å². The van der Waals surface area contributed by atoms with Crippen LogP contribution in [0, 0.1) is 12.3 Å². The van der Waals surface area contributed by atoms with Crippen LogP contribution in [-0.4, -0.2) is 25.2 Å². The van der Waals surface area contributed by atoms with Crippen molar-refractivity contribution in [1.82, 2.24) is 10.3 Å². The van der Waals surface area contributed by atoms with E-state index in [4.69, 9.17) is 4.74 Å². The molecule has 1 aliphatic rings. The van der Waals surface area contributed by atoms with E-state index >= 15 is 0 Å². The smallest absolute Gasteiger partial charge is 0.107 e. The van der Waals surface area contributed by atoms with E-state index in [9.17, 15) is 0 Å². The van der Waals surface area contributed by atoms with E-state index in [1.54, 1.807) is 18.4 Å². The van der Waals surface area contributed by atoms with Crippen molar-refractivity contribution in [2.45, 2.75) is 32.7 Å². The van der Waals surface area contributed by atoms with Crippen molar-refractivity contribution in [2.75, 3.05) is 20.3 Å². The molecule has 1 N–H and O–H groups in total. The quantitative estimate of drug-likeness (QED) is 0.794. The number of aryl methyl sites for hydroxylation is 1. The first-order valence-corrected chi connectivity index (χ1v) is 6.73. The first-order valence-electron chi connectivity index (χ1n) is 5.85. The van der Waals surface area contributed by atoms with Crippen LogP contribution in [0.4, 0.5) is 0 Å². The zero-order valence-electron chi connectivity index (χ0n) is 10.1. The number of nitrogens with zero attached hydrogens (tertiary/aromatic N) is 1. The number of nitrogens with one attached hydrogen (secondary N) is 1. The molecular formula is C12H20N2OS. The van der Waals surface area contributed by atoms with Gasteiger partial charge in [0.25, 0.3) is 0 Å². The van der Waals surface area contributed by atoms with Crippen LogP contribution in [0.2, 0.25) is 0 Å². The van der Waals surface area contributed by atoms with Gasteiger partial charge in [-0.2, -0.15) is 0 Å². The molecule has 2 rings (SSSR count). The summed E-state index contributed by atoms with van der Waals surface area (Å²) in [4.78, 5) is 4.44. The Bertz CT molecular complexity index is 334. The van der Waals surface area contributed by atoms with Crippen molar-refractivity contribution in [2.24, 2.45) is 5.41 Å². The lowest BCUT2D eigenvalue weighted by atomic mass is 10.0. The lowest BCUT2D eigenvalue weighted by Gasteiger charge is -2.14. The number of aromatic nitrogens is 1. The Kier molecular flexibility index (Phi) is 3.95. The molecular weight excluding hydrogens is 220 g/mol. The molecule has 0 aliphatic heterocycles. The summed E-state index contributed by atoms with van der Waals surface area (Å²) in [7, 11) is 1.78. The molecule has 0 radical (unpaired) electrons. The third-order valence-corrected chi connectivity index (χ3v) is 4.20. The Morgan fingerprint density at radius 1 is 1.56 bits per heavy atom. The number of ether oxygens (including phenoxy) is 1. The van der Waals surface area contributed by atoms with Crippen molar-refractivity contribution in [3.8, 4) is 0 Å². The molecule has 16 heavy (non-hydrogen) atoms. The Hall–Kier alpha value is -0.450. The summed E-state index contributed by atoms with van der Waals surface area (Å²) in [6.45, 7) is 4.95. The zero-order chi connectivity index (χ0) is 11.4. The van der Waals surface area contributed by atoms with Crippen LogP contribution in [0.25, 0.3) is 0 Å². The third kappa shape index (κ3) is 3.27. The molecule has 90 valence electrons. The van der Waals surface area contributed by atoms with E-state index in [0.717, 1.165) is 25.4 Å². The van der Waals surface area contributed by atoms with Gasteiger partial charge in [-0.15, -0.1) is 11.3 Å². The Morgan fingerprint density at radius 2 is 2.38 bits per heavy atom. The summed E-state index contributed by atoms with van der Waals surface area (Å²) in [5.41, 5.74) is 1.66. The number of methoxy groups -OCH3 is 1. The largest absolute Gasteiger partial charge is 0.385 e. The molecule has 0 spiro atoms. The van der Waals surface area contributed by atoms with E-state index in [0.29, 0.717) is 5.41 Å². The minimum absolute atomic E-state index is 0.530. The highest BCUT2D eigenvalue weighted by Gasteiger charge is 2.41. The van der Waals surface area contributed by atoms with Crippen LogP contribution in [0.3, 0.4) is 0 Å². The molecule has 0 unspecified atom stereocenters. The van der Waals surface area contributed by atoms with Gasteiger partial charge in [0, 0.05) is 37.9 Å². The Morgan fingerprint density at radius 3 is 2.94 bits per heavy atom. The van der Waals surface area contributed by atoms with Gasteiger partial charge in [0.2, 0.25) is 0 Å². The normalized spacial score (nSPS) is 17.6. The lowest BCUT2D eigenvalue weighted by Crippen LogP contribution is -2.24. The molecule has 1 fully saturated rings. The molecule has 1 heterocycles. The van der Waals surface area contributed by atoms with Gasteiger partial charge in [0.05, 0.1) is 0 Å². The maximum absolute atomic E-state index is 5.15. The average molecular weight is 240 g/mol. The van der Waals surface area contributed by atoms with Gasteiger partial charge in [0.15, 0.2) is 0 Å². The van der Waals surface area contributed by atoms with Crippen molar-refractivity contribution < 1.29 is 4.74 Å². The molecule has 3 nitrogen and oxygen atoms in total. The topological polar surface area (TPSA) is 34.1 Å². The summed E-state index contributed by atoms with van der Waals surface area (Å²) in [5.74, 6) is 0. The lowest BCUT2D eigenvalue weighted by molar-refractivity contribution is 0.171. The van der Waals surface area contributed by atoms with E-state index in [-0.39, 0.29) is 0 Å². The highest BCUT2D eigenvalue weighted by Crippen LogP contribution is 2.48. The second-order valence-electron chi connectivity index (χ2n) is 4.73. The number of thiazole rings is 1. The molecule has 0 saturated heterocycles. The predicted octanol–water partition coefficient (Wildman–Crippen LogP) is 2.36. The SMILES string of the molecule is COCCC1(CNCc2nc(C)cs2)CC1. The molecule has 1 aromatic rings. The summed E-state index contributed by atoms with van der Waals surface area (Å²) < 4.78 is 5.15. The zero-order valence-corrected chi connectivity index (χ0v) is 10.9. The van der Waals surface area contributed by atoms with Crippen LogP contribution >= 0.6 is 11.3 Å². The second kappa shape index (κ2) is 5.25. The molecule has 1 saturated carbocycles. The van der Waals surface area contributed by atoms with Gasteiger partial charge in [0.1, 0.15) is 5.01 Å². The fourth-order valence-corrected chi connectivity index (χ4v) is 2.67. The van der Waals surface area contributed by atoms with Crippen molar-refractivity contribution in [3.05, 3.63) is 16.1 Å². The minimum Gasteiger partial charge on any atom is -0.385 e. The monoisotopic (exact) mass is 240 g/mol. The molecule has 1 aromatic heterocycles. The second-order valence-corrected chi connectivity index (χ2v) is 5.67. The molecule has 0 bridgehead atoms. The van der Waals surface area contributed by atoms with E-state index in [2.05, 4.69) is 15.7 Å². The fraction of sp³-hybridized carbons (Fsp3) is 0.750. The highest BCUT2D eigenvalue weighted by molar-refractivity contribution is 7.09. The summed E-state index contributed by atoms with van der Waals surface area (Å²) >= 11 is 1.74. The fourth-order valence-electron chi connectivity index (χ4n) is 1.93. The van der Waals surface area contributed by atoms with Gasteiger partial charge in [-0.05, 0) is 31.6 Å². The van der Waals surface area contributed by atoms with E-state index in [1.807, 2.05) is 6.92 Å². The molecule has 0 aromatic carbocycles. The first kappa shape index (κ1) is 12.0. The summed E-state index contributed by atoms with van der Waals surface area (Å²) in [5, 5.41) is 6.82. The van der Waals surface area contributed by atoms with Crippen LogP contribution in [0.1, 0.15) is 30.0 Å². The Balaban J connectivity index is 1.68. The maximum Gasteiger partial charge on any atom is 0.107 e. The predicted molar refractivity (Wildman–Crippen MR) is 66.7 cm³/mol. The highest BCUT2D eigenvalue weighted by atomic mass is 32.1. The van der Waals surface area contributed by atoms with Gasteiger partial charge < -0.3 is 10.1 Å². The molecule has 0 atom stereocenters. The molecule has 0 amide bonds. The third-order valence-electron chi connectivity index (χ3n) is 3.24. The minimum atomic E-state index is 0.530. The van der Waals surface area contributed by atoms with Gasteiger partial charge >= 0.3 is 0 Å². The number of hydrogen-bond acceptors (Lipinski definition) is 4. The maximum atomic E-state index is 5.15.